The zero-order valence-electron chi connectivity index (χ0n) is 16.5. The first-order valence-corrected chi connectivity index (χ1v) is 9.43. The Balaban J connectivity index is 1.44. The van der Waals surface area contributed by atoms with E-state index >= 15 is 0 Å². The van der Waals surface area contributed by atoms with Crippen LogP contribution in [0.1, 0.15) is 21.7 Å². The molecule has 2 aromatic heterocycles. The molecule has 4 aromatic rings. The molecule has 0 aliphatic heterocycles. The lowest BCUT2D eigenvalue weighted by Gasteiger charge is -2.08. The number of anilines is 2. The van der Waals surface area contributed by atoms with Crippen molar-refractivity contribution in [2.45, 2.75) is 13.5 Å². The van der Waals surface area contributed by atoms with Crippen molar-refractivity contribution in [3.63, 3.8) is 0 Å². The predicted molar refractivity (Wildman–Crippen MR) is 112 cm³/mol. The van der Waals surface area contributed by atoms with Gasteiger partial charge in [-0.1, -0.05) is 18.2 Å². The third kappa shape index (κ3) is 4.72. The van der Waals surface area contributed by atoms with Gasteiger partial charge >= 0.3 is 0 Å². The number of benzene rings is 2. The molecule has 0 saturated heterocycles. The fourth-order valence-corrected chi connectivity index (χ4v) is 2.99. The van der Waals surface area contributed by atoms with Gasteiger partial charge in [0.15, 0.2) is 17.5 Å². The standard InChI is InChI=1S/C22H18F2N6O/c1-13-25-9-8-19(27-13)26-12-14-4-2-5-15(10-14)22(31)28-20-11-18(29-30-20)16-6-3-7-17(23)21(16)24/h2-11H,12H2,1H3,(H,25,26,27)(H2,28,29,30,31). The summed E-state index contributed by atoms with van der Waals surface area (Å²) in [6.07, 6.45) is 1.67. The molecule has 0 unspecified atom stereocenters. The van der Waals surface area contributed by atoms with Crippen molar-refractivity contribution in [3.05, 3.63) is 89.4 Å². The summed E-state index contributed by atoms with van der Waals surface area (Å²) >= 11 is 0. The van der Waals surface area contributed by atoms with Gasteiger partial charge in [-0.05, 0) is 42.8 Å². The van der Waals surface area contributed by atoms with Crippen molar-refractivity contribution in [3.8, 4) is 11.3 Å². The van der Waals surface area contributed by atoms with Crippen LogP contribution in [0.5, 0.6) is 0 Å². The van der Waals surface area contributed by atoms with Gasteiger partial charge in [0.05, 0.1) is 5.69 Å². The Morgan fingerprint density at radius 1 is 1.06 bits per heavy atom. The molecule has 0 saturated carbocycles. The maximum absolute atomic E-state index is 14.0. The number of carbonyl (C=O) groups is 1. The quantitative estimate of drug-likeness (QED) is 0.432. The maximum atomic E-state index is 14.0. The highest BCUT2D eigenvalue weighted by Crippen LogP contribution is 2.24. The Morgan fingerprint density at radius 2 is 1.90 bits per heavy atom. The van der Waals surface area contributed by atoms with E-state index in [1.165, 1.54) is 18.2 Å². The molecule has 1 amide bonds. The van der Waals surface area contributed by atoms with Crippen molar-refractivity contribution in [2.75, 3.05) is 10.6 Å². The minimum Gasteiger partial charge on any atom is -0.366 e. The lowest BCUT2D eigenvalue weighted by atomic mass is 10.1. The molecule has 0 atom stereocenters. The van der Waals surface area contributed by atoms with Crippen molar-refractivity contribution in [1.29, 1.82) is 0 Å². The number of hydrogen-bond acceptors (Lipinski definition) is 5. The van der Waals surface area contributed by atoms with Crippen molar-refractivity contribution < 1.29 is 13.6 Å². The SMILES string of the molecule is Cc1nccc(NCc2cccc(C(=O)Nc3cc(-c4cccc(F)c4F)[nH]n3)c2)n1. The van der Waals surface area contributed by atoms with Crippen LogP contribution in [0.3, 0.4) is 0 Å². The van der Waals surface area contributed by atoms with Gasteiger partial charge in [-0.15, -0.1) is 0 Å². The van der Waals surface area contributed by atoms with E-state index in [-0.39, 0.29) is 23.0 Å². The zero-order chi connectivity index (χ0) is 21.8. The second kappa shape index (κ2) is 8.70. The summed E-state index contributed by atoms with van der Waals surface area (Å²) in [5, 5.41) is 12.4. The van der Waals surface area contributed by atoms with Crippen LogP contribution >= 0.6 is 0 Å². The lowest BCUT2D eigenvalue weighted by Crippen LogP contribution is -2.13. The molecule has 0 radical (unpaired) electrons. The number of aromatic amines is 1. The van der Waals surface area contributed by atoms with E-state index in [0.717, 1.165) is 11.6 Å². The Morgan fingerprint density at radius 3 is 2.74 bits per heavy atom. The number of aromatic nitrogens is 4. The van der Waals surface area contributed by atoms with Gasteiger partial charge in [-0.25, -0.2) is 18.7 Å². The molecule has 31 heavy (non-hydrogen) atoms. The topological polar surface area (TPSA) is 95.6 Å². The number of H-pyrrole nitrogens is 1. The average Bonchev–Trinajstić information content (AvgIpc) is 3.22. The number of halogens is 2. The third-order valence-corrected chi connectivity index (χ3v) is 4.50. The van der Waals surface area contributed by atoms with Crippen LogP contribution in [0.25, 0.3) is 11.3 Å². The molecular formula is C22H18F2N6O. The van der Waals surface area contributed by atoms with Crippen LogP contribution in [-0.2, 0) is 6.54 Å². The van der Waals surface area contributed by atoms with Gasteiger partial charge in [-0.3, -0.25) is 9.89 Å². The smallest absolute Gasteiger partial charge is 0.256 e. The molecule has 0 spiro atoms. The number of hydrogen-bond donors (Lipinski definition) is 3. The molecule has 4 rings (SSSR count). The number of nitrogens with zero attached hydrogens (tertiary/aromatic N) is 3. The van der Waals surface area contributed by atoms with Crippen LogP contribution in [-0.4, -0.2) is 26.1 Å². The summed E-state index contributed by atoms with van der Waals surface area (Å²) in [5.41, 5.74) is 1.60. The van der Waals surface area contributed by atoms with E-state index in [2.05, 4.69) is 30.8 Å². The minimum atomic E-state index is -0.983. The molecule has 0 fully saturated rings. The first kappa shape index (κ1) is 20.1. The monoisotopic (exact) mass is 420 g/mol. The van der Waals surface area contributed by atoms with E-state index in [1.54, 1.807) is 37.4 Å². The van der Waals surface area contributed by atoms with E-state index in [1.807, 2.05) is 6.07 Å². The number of aryl methyl sites for hydroxylation is 1. The van der Waals surface area contributed by atoms with Gasteiger partial charge in [0.25, 0.3) is 5.91 Å². The van der Waals surface area contributed by atoms with Gasteiger partial charge in [0.1, 0.15) is 11.6 Å². The second-order valence-corrected chi connectivity index (χ2v) is 6.77. The normalized spacial score (nSPS) is 10.7. The fraction of sp³-hybridized carbons (Fsp3) is 0.0909. The first-order chi connectivity index (χ1) is 15.0. The van der Waals surface area contributed by atoms with Gasteiger partial charge in [-0.2, -0.15) is 5.10 Å². The lowest BCUT2D eigenvalue weighted by molar-refractivity contribution is 0.102. The molecular weight excluding hydrogens is 402 g/mol. The summed E-state index contributed by atoms with van der Waals surface area (Å²) in [4.78, 5) is 20.9. The third-order valence-electron chi connectivity index (χ3n) is 4.50. The molecule has 7 nitrogen and oxygen atoms in total. The zero-order valence-corrected chi connectivity index (χ0v) is 16.5. The highest BCUT2D eigenvalue weighted by atomic mass is 19.2. The fourth-order valence-electron chi connectivity index (χ4n) is 2.99. The molecule has 156 valence electrons. The van der Waals surface area contributed by atoms with E-state index in [4.69, 9.17) is 0 Å². The highest BCUT2D eigenvalue weighted by molar-refractivity contribution is 6.04. The number of nitrogens with one attached hydrogen (secondary N) is 3. The summed E-state index contributed by atoms with van der Waals surface area (Å²) in [7, 11) is 0. The summed E-state index contributed by atoms with van der Waals surface area (Å²) in [6, 6.07) is 14.1. The number of rotatable bonds is 6. The molecule has 2 aromatic carbocycles. The Labute approximate surface area is 176 Å². The first-order valence-electron chi connectivity index (χ1n) is 9.43. The van der Waals surface area contributed by atoms with Gasteiger partial charge < -0.3 is 10.6 Å². The van der Waals surface area contributed by atoms with Gasteiger partial charge in [0, 0.05) is 29.9 Å². The van der Waals surface area contributed by atoms with Crippen LogP contribution in [0, 0.1) is 18.6 Å². The number of carbonyl (C=O) groups excluding carboxylic acids is 1. The van der Waals surface area contributed by atoms with Crippen LogP contribution in [0.2, 0.25) is 0 Å². The van der Waals surface area contributed by atoms with E-state index in [0.29, 0.717) is 23.8 Å². The Hall–Kier alpha value is -4.14. The van der Waals surface area contributed by atoms with Crippen LogP contribution < -0.4 is 10.6 Å². The molecule has 0 aliphatic rings. The van der Waals surface area contributed by atoms with E-state index in [9.17, 15) is 13.6 Å². The predicted octanol–water partition coefficient (Wildman–Crippen LogP) is 4.32. The molecule has 3 N–H and O–H groups in total. The van der Waals surface area contributed by atoms with Crippen LogP contribution in [0.4, 0.5) is 20.4 Å². The Kier molecular flexibility index (Phi) is 5.65. The van der Waals surface area contributed by atoms with E-state index < -0.39 is 11.6 Å². The number of amides is 1. The van der Waals surface area contributed by atoms with Crippen molar-refractivity contribution >= 4 is 17.5 Å². The molecule has 0 aliphatic carbocycles. The largest absolute Gasteiger partial charge is 0.366 e. The van der Waals surface area contributed by atoms with Crippen molar-refractivity contribution in [2.24, 2.45) is 0 Å². The van der Waals surface area contributed by atoms with Gasteiger partial charge in [0.2, 0.25) is 0 Å². The minimum absolute atomic E-state index is 0.0287. The van der Waals surface area contributed by atoms with Crippen LogP contribution in [0.15, 0.2) is 60.8 Å². The van der Waals surface area contributed by atoms with Crippen molar-refractivity contribution in [1.82, 2.24) is 20.2 Å². The average molecular weight is 420 g/mol. The highest BCUT2D eigenvalue weighted by Gasteiger charge is 2.14. The molecule has 0 bridgehead atoms. The summed E-state index contributed by atoms with van der Waals surface area (Å²) < 4.78 is 27.4. The Bertz CT molecular complexity index is 1240. The maximum Gasteiger partial charge on any atom is 0.256 e. The summed E-state index contributed by atoms with van der Waals surface area (Å²) in [6.45, 7) is 2.28. The molecule has 2 heterocycles. The second-order valence-electron chi connectivity index (χ2n) is 6.77. The summed E-state index contributed by atoms with van der Waals surface area (Å²) in [5.74, 6) is -0.768. The molecule has 9 heteroatoms.